The second kappa shape index (κ2) is 7.96. The molecule has 0 amide bonds. The average Bonchev–Trinajstić information content (AvgIpc) is 3.42. The molecule has 4 rings (SSSR count). The first kappa shape index (κ1) is 19.0. The van der Waals surface area contributed by atoms with E-state index in [1.165, 1.54) is 28.5 Å². The maximum absolute atomic E-state index is 11.0. The predicted octanol–water partition coefficient (Wildman–Crippen LogP) is 5.28. The van der Waals surface area contributed by atoms with Crippen molar-refractivity contribution in [2.24, 2.45) is 0 Å². The molecule has 4 aromatic rings. The van der Waals surface area contributed by atoms with Crippen LogP contribution in [-0.2, 0) is 5.75 Å². The minimum absolute atomic E-state index is 0.0304. The van der Waals surface area contributed by atoms with Gasteiger partial charge in [0.05, 0.1) is 27.7 Å². The molecule has 0 fully saturated rings. The van der Waals surface area contributed by atoms with E-state index in [0.29, 0.717) is 37.5 Å². The fraction of sp³-hybridized carbons (Fsp3) is 0.0588. The van der Waals surface area contributed by atoms with Crippen molar-refractivity contribution in [2.45, 2.75) is 10.9 Å². The van der Waals surface area contributed by atoms with Gasteiger partial charge in [-0.2, -0.15) is 0 Å². The minimum Gasteiger partial charge on any atom is -0.476 e. The Morgan fingerprint density at radius 2 is 2.11 bits per heavy atom. The molecule has 0 aliphatic carbocycles. The van der Waals surface area contributed by atoms with Crippen LogP contribution in [0.25, 0.3) is 17.3 Å². The maximum Gasteiger partial charge on any atom is 0.355 e. The van der Waals surface area contributed by atoms with Gasteiger partial charge in [0.2, 0.25) is 5.82 Å². The second-order valence-corrected chi connectivity index (χ2v) is 8.14. The van der Waals surface area contributed by atoms with Crippen LogP contribution in [0.5, 0.6) is 0 Å². The molecule has 142 valence electrons. The van der Waals surface area contributed by atoms with E-state index in [1.807, 2.05) is 0 Å². The first-order chi connectivity index (χ1) is 13.5. The number of hydrogen-bond donors (Lipinski definition) is 1. The van der Waals surface area contributed by atoms with Crippen molar-refractivity contribution in [1.29, 1.82) is 0 Å². The van der Waals surface area contributed by atoms with E-state index in [9.17, 15) is 4.79 Å². The highest BCUT2D eigenvalue weighted by molar-refractivity contribution is 7.98. The zero-order chi connectivity index (χ0) is 19.7. The summed E-state index contributed by atoms with van der Waals surface area (Å²) in [6, 6.07) is 8.76. The molecule has 3 aromatic heterocycles. The Morgan fingerprint density at radius 3 is 2.79 bits per heavy atom. The smallest absolute Gasteiger partial charge is 0.355 e. The molecule has 0 saturated carbocycles. The standard InChI is InChI=1S/C17H10Cl2N4O3S2/c18-10-4-3-9(6-11(10)19)23-15(13-2-1-5-26-13)21-22-17(23)28-8-14-20-12(7-27-14)16(24)25/h1-7H,8H2,(H,24,25). The third kappa shape index (κ3) is 3.79. The molecule has 0 saturated heterocycles. The van der Waals surface area contributed by atoms with Gasteiger partial charge in [-0.3, -0.25) is 4.57 Å². The number of aromatic carboxylic acids is 1. The number of carboxylic acids is 1. The number of rotatable bonds is 6. The third-order valence-corrected chi connectivity index (χ3v) is 6.34. The molecule has 0 bridgehead atoms. The zero-order valence-corrected chi connectivity index (χ0v) is 17.0. The number of nitrogens with zero attached hydrogens (tertiary/aromatic N) is 4. The van der Waals surface area contributed by atoms with Crippen LogP contribution in [0.4, 0.5) is 0 Å². The molecule has 7 nitrogen and oxygen atoms in total. The molecular formula is C17H10Cl2N4O3S2. The van der Waals surface area contributed by atoms with Crippen LogP contribution in [0.3, 0.4) is 0 Å². The van der Waals surface area contributed by atoms with Crippen molar-refractivity contribution < 1.29 is 14.3 Å². The van der Waals surface area contributed by atoms with Crippen molar-refractivity contribution in [3.63, 3.8) is 0 Å². The van der Waals surface area contributed by atoms with E-state index in [2.05, 4.69) is 15.2 Å². The van der Waals surface area contributed by atoms with Gasteiger partial charge in [-0.15, -0.1) is 21.5 Å². The lowest BCUT2D eigenvalue weighted by Crippen LogP contribution is -2.00. The molecule has 11 heteroatoms. The van der Waals surface area contributed by atoms with E-state index < -0.39 is 5.97 Å². The lowest BCUT2D eigenvalue weighted by atomic mass is 10.3. The highest BCUT2D eigenvalue weighted by Gasteiger charge is 2.19. The van der Waals surface area contributed by atoms with Gasteiger partial charge in [0, 0.05) is 5.38 Å². The van der Waals surface area contributed by atoms with E-state index in [4.69, 9.17) is 32.7 Å². The number of halogens is 2. The van der Waals surface area contributed by atoms with Crippen molar-refractivity contribution in [2.75, 3.05) is 0 Å². The first-order valence-corrected chi connectivity index (χ1v) is 10.4. The largest absolute Gasteiger partial charge is 0.476 e. The lowest BCUT2D eigenvalue weighted by Gasteiger charge is -2.10. The van der Waals surface area contributed by atoms with Crippen molar-refractivity contribution >= 4 is 52.3 Å². The number of thioether (sulfide) groups is 1. The Labute approximate surface area is 176 Å². The summed E-state index contributed by atoms with van der Waals surface area (Å²) in [4.78, 5) is 15.1. The molecule has 3 heterocycles. The fourth-order valence-corrected chi connectivity index (χ4v) is 4.42. The minimum atomic E-state index is -1.05. The van der Waals surface area contributed by atoms with Gasteiger partial charge in [0.1, 0.15) is 5.01 Å². The quantitative estimate of drug-likeness (QED) is 0.397. The Bertz CT molecular complexity index is 1140. The zero-order valence-electron chi connectivity index (χ0n) is 13.9. The highest BCUT2D eigenvalue weighted by atomic mass is 35.5. The Balaban J connectivity index is 1.70. The molecule has 0 atom stereocenters. The number of aromatic nitrogens is 4. The van der Waals surface area contributed by atoms with Crippen LogP contribution in [-0.4, -0.2) is 30.8 Å². The van der Waals surface area contributed by atoms with Crippen molar-refractivity contribution in [1.82, 2.24) is 19.7 Å². The van der Waals surface area contributed by atoms with Crippen LogP contribution >= 0.6 is 46.3 Å². The molecule has 28 heavy (non-hydrogen) atoms. The molecule has 0 radical (unpaired) electrons. The number of furan rings is 1. The Morgan fingerprint density at radius 1 is 1.25 bits per heavy atom. The summed E-state index contributed by atoms with van der Waals surface area (Å²) >= 11 is 14.9. The van der Waals surface area contributed by atoms with Gasteiger partial charge in [0.15, 0.2) is 16.6 Å². The summed E-state index contributed by atoms with van der Waals surface area (Å²) in [5, 5.41) is 21.1. The summed E-state index contributed by atoms with van der Waals surface area (Å²) in [5.74, 6) is 0.450. The van der Waals surface area contributed by atoms with E-state index in [-0.39, 0.29) is 5.69 Å². The number of carbonyl (C=O) groups is 1. The average molecular weight is 453 g/mol. The fourth-order valence-electron chi connectivity index (χ4n) is 2.39. The van der Waals surface area contributed by atoms with Crippen LogP contribution < -0.4 is 0 Å². The molecule has 0 aliphatic rings. The van der Waals surface area contributed by atoms with E-state index in [1.54, 1.807) is 41.2 Å². The van der Waals surface area contributed by atoms with Crippen LogP contribution in [0.1, 0.15) is 15.5 Å². The van der Waals surface area contributed by atoms with Crippen LogP contribution in [0.15, 0.2) is 51.5 Å². The molecule has 1 N–H and O–H groups in total. The maximum atomic E-state index is 11.0. The number of carboxylic acid groups (broad SMARTS) is 1. The number of hydrogen-bond acceptors (Lipinski definition) is 7. The number of benzene rings is 1. The van der Waals surface area contributed by atoms with Gasteiger partial charge in [-0.05, 0) is 30.3 Å². The third-order valence-electron chi connectivity index (χ3n) is 3.63. The molecular weight excluding hydrogens is 443 g/mol. The van der Waals surface area contributed by atoms with Gasteiger partial charge in [0.25, 0.3) is 0 Å². The van der Waals surface area contributed by atoms with Gasteiger partial charge in [-0.25, -0.2) is 9.78 Å². The summed E-state index contributed by atoms with van der Waals surface area (Å²) in [5.41, 5.74) is 0.751. The summed E-state index contributed by atoms with van der Waals surface area (Å²) in [6.07, 6.45) is 1.55. The Hall–Kier alpha value is -2.33. The van der Waals surface area contributed by atoms with Crippen molar-refractivity contribution in [3.05, 3.63) is 62.7 Å². The van der Waals surface area contributed by atoms with Crippen LogP contribution in [0.2, 0.25) is 10.0 Å². The van der Waals surface area contributed by atoms with Crippen LogP contribution in [0, 0.1) is 0 Å². The summed E-state index contributed by atoms with van der Waals surface area (Å²) < 4.78 is 7.28. The summed E-state index contributed by atoms with van der Waals surface area (Å²) in [6.45, 7) is 0. The molecule has 0 aliphatic heterocycles. The van der Waals surface area contributed by atoms with Crippen molar-refractivity contribution in [3.8, 4) is 17.3 Å². The van der Waals surface area contributed by atoms with Gasteiger partial charge >= 0.3 is 5.97 Å². The van der Waals surface area contributed by atoms with E-state index >= 15 is 0 Å². The number of thiazole rings is 1. The van der Waals surface area contributed by atoms with E-state index in [0.717, 1.165) is 5.69 Å². The first-order valence-electron chi connectivity index (χ1n) is 7.78. The van der Waals surface area contributed by atoms with Gasteiger partial charge < -0.3 is 9.52 Å². The highest BCUT2D eigenvalue weighted by Crippen LogP contribution is 2.33. The SMILES string of the molecule is O=C(O)c1csc(CSc2nnc(-c3ccco3)n2-c2ccc(Cl)c(Cl)c2)n1. The second-order valence-electron chi connectivity index (χ2n) is 5.44. The topological polar surface area (TPSA) is 94.0 Å². The van der Waals surface area contributed by atoms with Gasteiger partial charge in [-0.1, -0.05) is 35.0 Å². The molecule has 0 unspecified atom stereocenters. The Kier molecular flexibility index (Phi) is 5.40. The lowest BCUT2D eigenvalue weighted by molar-refractivity contribution is 0.0691. The predicted molar refractivity (Wildman–Crippen MR) is 108 cm³/mol. The molecule has 0 spiro atoms. The summed E-state index contributed by atoms with van der Waals surface area (Å²) in [7, 11) is 0. The monoisotopic (exact) mass is 452 g/mol. The normalized spacial score (nSPS) is 11.1. The molecule has 1 aromatic carbocycles.